The van der Waals surface area contributed by atoms with E-state index in [1.807, 2.05) is 36.4 Å². The minimum absolute atomic E-state index is 0.111. The molecule has 0 aliphatic rings. The number of nitrogens with one attached hydrogen (secondary N) is 1. The molecule has 0 saturated heterocycles. The number of carbonyl (C=O) groups is 1. The number of amides is 1. The summed E-state index contributed by atoms with van der Waals surface area (Å²) in [5.41, 5.74) is 2.73. The zero-order chi connectivity index (χ0) is 17.8. The number of rotatable bonds is 5. The van der Waals surface area contributed by atoms with Crippen LogP contribution in [0.25, 0.3) is 11.0 Å². The van der Waals surface area contributed by atoms with Gasteiger partial charge in [-0.3, -0.25) is 9.59 Å². The smallest absolute Gasteiger partial charge is 0.272 e. The van der Waals surface area contributed by atoms with Crippen LogP contribution in [0, 0.1) is 6.92 Å². The van der Waals surface area contributed by atoms with E-state index < -0.39 is 0 Å². The van der Waals surface area contributed by atoms with Crippen LogP contribution in [0.2, 0.25) is 5.02 Å². The van der Waals surface area contributed by atoms with E-state index in [4.69, 9.17) is 11.6 Å². The summed E-state index contributed by atoms with van der Waals surface area (Å²) in [5.74, 6) is -0.111. The summed E-state index contributed by atoms with van der Waals surface area (Å²) in [6.07, 6.45) is 0.223. The highest BCUT2D eigenvalue weighted by atomic mass is 35.5. The molecule has 0 unspecified atom stereocenters. The van der Waals surface area contributed by atoms with Gasteiger partial charge in [-0.1, -0.05) is 35.9 Å². The summed E-state index contributed by atoms with van der Waals surface area (Å²) in [4.78, 5) is 28.8. The average Bonchev–Trinajstić information content (AvgIpc) is 2.61. The van der Waals surface area contributed by atoms with Gasteiger partial charge in [-0.05, 0) is 36.8 Å². The number of benzene rings is 2. The van der Waals surface area contributed by atoms with Gasteiger partial charge in [0.1, 0.15) is 5.69 Å². The van der Waals surface area contributed by atoms with Crippen LogP contribution in [0.4, 0.5) is 0 Å². The topological polar surface area (TPSA) is 64.0 Å². The molecule has 0 aliphatic heterocycles. The molecule has 0 saturated carbocycles. The standard InChI is InChI=1S/C19H18ClN3O2/c1-13-19(25)23(17-5-3-2-4-16(17)22-13)11-10-18(24)21-12-14-6-8-15(20)9-7-14/h2-9H,10-12H2,1H3,(H,21,24). The molecule has 0 spiro atoms. The first-order valence-corrected chi connectivity index (χ1v) is 8.40. The lowest BCUT2D eigenvalue weighted by Gasteiger charge is -2.11. The zero-order valence-electron chi connectivity index (χ0n) is 13.8. The van der Waals surface area contributed by atoms with Crippen molar-refractivity contribution in [3.63, 3.8) is 0 Å². The van der Waals surface area contributed by atoms with E-state index >= 15 is 0 Å². The molecule has 1 N–H and O–H groups in total. The SMILES string of the molecule is Cc1nc2ccccc2n(CCC(=O)NCc2ccc(Cl)cc2)c1=O. The van der Waals surface area contributed by atoms with E-state index in [1.54, 1.807) is 23.6 Å². The Labute approximate surface area is 150 Å². The fraction of sp³-hybridized carbons (Fsp3) is 0.211. The van der Waals surface area contributed by atoms with Crippen molar-refractivity contribution in [2.75, 3.05) is 0 Å². The largest absolute Gasteiger partial charge is 0.352 e. The van der Waals surface area contributed by atoms with Crippen LogP contribution < -0.4 is 10.9 Å². The van der Waals surface area contributed by atoms with Crippen molar-refractivity contribution in [3.8, 4) is 0 Å². The van der Waals surface area contributed by atoms with Gasteiger partial charge in [0.2, 0.25) is 5.91 Å². The molecule has 1 aromatic heterocycles. The Morgan fingerprint density at radius 2 is 1.88 bits per heavy atom. The number of carbonyl (C=O) groups excluding carboxylic acids is 1. The second-order valence-electron chi connectivity index (χ2n) is 5.80. The number of hydrogen-bond donors (Lipinski definition) is 1. The van der Waals surface area contributed by atoms with E-state index in [0.717, 1.165) is 16.6 Å². The van der Waals surface area contributed by atoms with Crippen LogP contribution in [0.3, 0.4) is 0 Å². The van der Waals surface area contributed by atoms with Crippen LogP contribution in [0.15, 0.2) is 53.3 Å². The van der Waals surface area contributed by atoms with Gasteiger partial charge in [0.05, 0.1) is 11.0 Å². The first-order chi connectivity index (χ1) is 12.0. The molecule has 2 aromatic carbocycles. The van der Waals surface area contributed by atoms with Gasteiger partial charge in [0, 0.05) is 24.5 Å². The van der Waals surface area contributed by atoms with Crippen LogP contribution in [0.1, 0.15) is 17.7 Å². The third-order valence-electron chi connectivity index (χ3n) is 3.98. The number of fused-ring (bicyclic) bond motifs is 1. The van der Waals surface area contributed by atoms with Gasteiger partial charge in [0.25, 0.3) is 5.56 Å². The Morgan fingerprint density at radius 3 is 2.64 bits per heavy atom. The molecule has 0 bridgehead atoms. The molecule has 5 nitrogen and oxygen atoms in total. The number of halogens is 1. The molecule has 1 heterocycles. The summed E-state index contributed by atoms with van der Waals surface area (Å²) in [6, 6.07) is 14.7. The van der Waals surface area contributed by atoms with Gasteiger partial charge < -0.3 is 9.88 Å². The number of aromatic nitrogens is 2. The third kappa shape index (κ3) is 4.06. The van der Waals surface area contributed by atoms with Crippen molar-refractivity contribution in [1.29, 1.82) is 0 Å². The molecule has 128 valence electrons. The molecule has 3 rings (SSSR count). The summed E-state index contributed by atoms with van der Waals surface area (Å²) >= 11 is 5.84. The molecule has 0 aliphatic carbocycles. The Hall–Kier alpha value is -2.66. The maximum atomic E-state index is 12.4. The fourth-order valence-electron chi connectivity index (χ4n) is 2.65. The summed E-state index contributed by atoms with van der Waals surface area (Å²) in [5, 5.41) is 3.52. The second-order valence-corrected chi connectivity index (χ2v) is 6.23. The number of para-hydroxylation sites is 2. The molecular weight excluding hydrogens is 338 g/mol. The van der Waals surface area contributed by atoms with Crippen molar-refractivity contribution in [2.24, 2.45) is 0 Å². The average molecular weight is 356 g/mol. The molecule has 6 heteroatoms. The van der Waals surface area contributed by atoms with Crippen LogP contribution in [0.5, 0.6) is 0 Å². The molecule has 0 fully saturated rings. The highest BCUT2D eigenvalue weighted by Gasteiger charge is 2.09. The van der Waals surface area contributed by atoms with E-state index in [-0.39, 0.29) is 17.9 Å². The fourth-order valence-corrected chi connectivity index (χ4v) is 2.77. The minimum atomic E-state index is -0.163. The number of hydrogen-bond acceptors (Lipinski definition) is 3. The van der Waals surface area contributed by atoms with Gasteiger partial charge in [-0.15, -0.1) is 0 Å². The van der Waals surface area contributed by atoms with E-state index in [9.17, 15) is 9.59 Å². The number of aryl methyl sites for hydroxylation is 2. The van der Waals surface area contributed by atoms with E-state index in [2.05, 4.69) is 10.3 Å². The van der Waals surface area contributed by atoms with Gasteiger partial charge in [-0.25, -0.2) is 4.98 Å². The molecular formula is C19H18ClN3O2. The second kappa shape index (κ2) is 7.49. The number of nitrogens with zero attached hydrogens (tertiary/aromatic N) is 2. The van der Waals surface area contributed by atoms with Crippen molar-refractivity contribution < 1.29 is 4.79 Å². The van der Waals surface area contributed by atoms with Gasteiger partial charge >= 0.3 is 0 Å². The van der Waals surface area contributed by atoms with Crippen LogP contribution >= 0.6 is 11.6 Å². The normalized spacial score (nSPS) is 10.8. The minimum Gasteiger partial charge on any atom is -0.352 e. The lowest BCUT2D eigenvalue weighted by atomic mass is 10.2. The predicted molar refractivity (Wildman–Crippen MR) is 98.7 cm³/mol. The Kier molecular flexibility index (Phi) is 5.14. The van der Waals surface area contributed by atoms with Crippen molar-refractivity contribution in [1.82, 2.24) is 14.9 Å². The lowest BCUT2D eigenvalue weighted by molar-refractivity contribution is -0.121. The van der Waals surface area contributed by atoms with Crippen molar-refractivity contribution in [2.45, 2.75) is 26.4 Å². The van der Waals surface area contributed by atoms with Crippen LogP contribution in [-0.4, -0.2) is 15.5 Å². The zero-order valence-corrected chi connectivity index (χ0v) is 14.6. The molecule has 0 atom stereocenters. The van der Waals surface area contributed by atoms with E-state index in [0.29, 0.717) is 23.8 Å². The summed E-state index contributed by atoms with van der Waals surface area (Å²) < 4.78 is 1.61. The Balaban J connectivity index is 1.68. The maximum Gasteiger partial charge on any atom is 0.272 e. The van der Waals surface area contributed by atoms with Gasteiger partial charge in [-0.2, -0.15) is 0 Å². The quantitative estimate of drug-likeness (QED) is 0.765. The molecule has 25 heavy (non-hydrogen) atoms. The molecule has 1 amide bonds. The monoisotopic (exact) mass is 355 g/mol. The molecule has 0 radical (unpaired) electrons. The van der Waals surface area contributed by atoms with Crippen molar-refractivity contribution >= 4 is 28.5 Å². The summed E-state index contributed by atoms with van der Waals surface area (Å²) in [7, 11) is 0. The Morgan fingerprint density at radius 1 is 1.16 bits per heavy atom. The summed E-state index contributed by atoms with van der Waals surface area (Å²) in [6.45, 7) is 2.43. The van der Waals surface area contributed by atoms with Crippen LogP contribution in [-0.2, 0) is 17.9 Å². The predicted octanol–water partition coefficient (Wildman–Crippen LogP) is 3.06. The molecule has 3 aromatic rings. The first-order valence-electron chi connectivity index (χ1n) is 8.02. The highest BCUT2D eigenvalue weighted by molar-refractivity contribution is 6.30. The van der Waals surface area contributed by atoms with E-state index in [1.165, 1.54) is 0 Å². The highest BCUT2D eigenvalue weighted by Crippen LogP contribution is 2.11. The lowest BCUT2D eigenvalue weighted by Crippen LogP contribution is -2.28. The van der Waals surface area contributed by atoms with Crippen molar-refractivity contribution in [3.05, 3.63) is 75.2 Å². The van der Waals surface area contributed by atoms with Gasteiger partial charge in [0.15, 0.2) is 0 Å². The Bertz CT molecular complexity index is 965. The maximum absolute atomic E-state index is 12.4. The first kappa shape index (κ1) is 17.2. The third-order valence-corrected chi connectivity index (χ3v) is 4.23.